The van der Waals surface area contributed by atoms with Gasteiger partial charge in [0.15, 0.2) is 0 Å². The molecule has 86 valence electrons. The van der Waals surface area contributed by atoms with Gasteiger partial charge in [0.2, 0.25) is 0 Å². The third-order valence-corrected chi connectivity index (χ3v) is 4.31. The molecule has 0 amide bonds. The first-order valence-corrected chi connectivity index (χ1v) is 6.64. The van der Waals surface area contributed by atoms with Crippen molar-refractivity contribution in [2.45, 2.75) is 44.6 Å². The zero-order valence-corrected chi connectivity index (χ0v) is 10.1. The molecule has 0 heterocycles. The van der Waals surface area contributed by atoms with Crippen LogP contribution in [-0.2, 0) is 6.42 Å². The van der Waals surface area contributed by atoms with Crippen molar-refractivity contribution >= 4 is 0 Å². The molecular formula is C15H21N. The average molecular weight is 215 g/mol. The quantitative estimate of drug-likeness (QED) is 0.817. The molecule has 3 unspecified atom stereocenters. The fourth-order valence-corrected chi connectivity index (χ4v) is 3.25. The largest absolute Gasteiger partial charge is 0.313 e. The number of hydrogen-bond donors (Lipinski definition) is 1. The average Bonchev–Trinajstić information content (AvgIpc) is 2.66. The lowest BCUT2D eigenvalue weighted by Crippen LogP contribution is -2.34. The minimum absolute atomic E-state index is 0.784. The van der Waals surface area contributed by atoms with Crippen molar-refractivity contribution in [3.8, 4) is 0 Å². The third kappa shape index (κ3) is 1.89. The molecule has 1 aromatic carbocycles. The summed E-state index contributed by atoms with van der Waals surface area (Å²) in [7, 11) is 0. The predicted molar refractivity (Wildman–Crippen MR) is 67.7 cm³/mol. The summed E-state index contributed by atoms with van der Waals surface area (Å²) in [6, 6.07) is 9.68. The van der Waals surface area contributed by atoms with Gasteiger partial charge in [0, 0.05) is 18.5 Å². The highest BCUT2D eigenvalue weighted by Gasteiger charge is 2.27. The summed E-state index contributed by atoms with van der Waals surface area (Å²) in [4.78, 5) is 0. The predicted octanol–water partition coefficient (Wildman–Crippen LogP) is 3.10. The van der Waals surface area contributed by atoms with Crippen molar-refractivity contribution in [3.05, 3.63) is 35.4 Å². The monoisotopic (exact) mass is 215 g/mol. The number of benzene rings is 1. The molecule has 1 saturated carbocycles. The highest BCUT2D eigenvalue weighted by atomic mass is 14.9. The summed E-state index contributed by atoms with van der Waals surface area (Å²) in [6.45, 7) is 3.56. The normalized spacial score (nSPS) is 32.2. The third-order valence-electron chi connectivity index (χ3n) is 4.31. The molecule has 3 atom stereocenters. The van der Waals surface area contributed by atoms with E-state index >= 15 is 0 Å². The van der Waals surface area contributed by atoms with E-state index in [1.807, 2.05) is 0 Å². The topological polar surface area (TPSA) is 12.0 Å². The molecule has 0 aromatic heterocycles. The van der Waals surface area contributed by atoms with Crippen molar-refractivity contribution in [1.82, 2.24) is 5.32 Å². The van der Waals surface area contributed by atoms with E-state index in [-0.39, 0.29) is 0 Å². The van der Waals surface area contributed by atoms with Crippen molar-refractivity contribution in [2.75, 3.05) is 6.54 Å². The molecule has 0 saturated heterocycles. The van der Waals surface area contributed by atoms with Gasteiger partial charge < -0.3 is 5.32 Å². The fraction of sp³-hybridized carbons (Fsp3) is 0.600. The Bertz CT molecular complexity index is 371. The summed E-state index contributed by atoms with van der Waals surface area (Å²) in [5.41, 5.74) is 3.15. The number of hydrogen-bond acceptors (Lipinski definition) is 1. The maximum absolute atomic E-state index is 3.75. The van der Waals surface area contributed by atoms with Gasteiger partial charge in [-0.3, -0.25) is 0 Å². The Morgan fingerprint density at radius 1 is 1.25 bits per heavy atom. The lowest BCUT2D eigenvalue weighted by Gasteiger charge is -2.31. The second-order valence-corrected chi connectivity index (χ2v) is 5.62. The van der Waals surface area contributed by atoms with Crippen LogP contribution in [0, 0.1) is 5.92 Å². The van der Waals surface area contributed by atoms with Crippen LogP contribution in [0.15, 0.2) is 24.3 Å². The van der Waals surface area contributed by atoms with Gasteiger partial charge in [-0.2, -0.15) is 0 Å². The Kier molecular flexibility index (Phi) is 2.72. The van der Waals surface area contributed by atoms with Gasteiger partial charge in [0.05, 0.1) is 0 Å². The molecule has 0 bridgehead atoms. The van der Waals surface area contributed by atoms with Crippen molar-refractivity contribution in [2.24, 2.45) is 5.92 Å². The Labute approximate surface area is 98.3 Å². The van der Waals surface area contributed by atoms with Gasteiger partial charge in [-0.25, -0.2) is 0 Å². The van der Waals surface area contributed by atoms with Crippen LogP contribution in [0.4, 0.5) is 0 Å². The maximum Gasteiger partial charge on any atom is 0.00699 e. The van der Waals surface area contributed by atoms with Crippen LogP contribution >= 0.6 is 0 Å². The summed E-state index contributed by atoms with van der Waals surface area (Å²) in [5.74, 6) is 1.72. The fourth-order valence-electron chi connectivity index (χ4n) is 3.25. The van der Waals surface area contributed by atoms with Gasteiger partial charge in [-0.15, -0.1) is 0 Å². The first-order valence-electron chi connectivity index (χ1n) is 6.64. The lowest BCUT2D eigenvalue weighted by atomic mass is 9.77. The number of rotatable bonds is 3. The SMILES string of the molecule is CC1CCC(NCC2Cc3ccccc32)C1. The van der Waals surface area contributed by atoms with E-state index < -0.39 is 0 Å². The van der Waals surface area contributed by atoms with Crippen LogP contribution in [0.5, 0.6) is 0 Å². The van der Waals surface area contributed by atoms with E-state index in [2.05, 4.69) is 36.5 Å². The highest BCUT2D eigenvalue weighted by molar-refractivity contribution is 5.40. The van der Waals surface area contributed by atoms with Crippen LogP contribution < -0.4 is 5.32 Å². The van der Waals surface area contributed by atoms with Crippen molar-refractivity contribution in [3.63, 3.8) is 0 Å². The van der Waals surface area contributed by atoms with Crippen LogP contribution in [0.2, 0.25) is 0 Å². The van der Waals surface area contributed by atoms with Crippen molar-refractivity contribution in [1.29, 1.82) is 0 Å². The molecule has 16 heavy (non-hydrogen) atoms. The van der Waals surface area contributed by atoms with Crippen LogP contribution in [0.1, 0.15) is 43.2 Å². The molecule has 1 N–H and O–H groups in total. The molecule has 1 heteroatoms. The molecule has 0 radical (unpaired) electrons. The van der Waals surface area contributed by atoms with Gasteiger partial charge in [-0.1, -0.05) is 31.2 Å². The smallest absolute Gasteiger partial charge is 0.00699 e. The van der Waals surface area contributed by atoms with E-state index in [1.54, 1.807) is 11.1 Å². The Hall–Kier alpha value is -0.820. The molecule has 2 aliphatic carbocycles. The summed E-state index contributed by atoms with van der Waals surface area (Å²) in [6.07, 6.45) is 5.47. The van der Waals surface area contributed by atoms with Gasteiger partial charge >= 0.3 is 0 Å². The van der Waals surface area contributed by atoms with Gasteiger partial charge in [-0.05, 0) is 42.7 Å². The van der Waals surface area contributed by atoms with Crippen LogP contribution in [0.3, 0.4) is 0 Å². The van der Waals surface area contributed by atoms with Crippen molar-refractivity contribution < 1.29 is 0 Å². The standard InChI is InChI=1S/C15H21N/c1-11-6-7-14(8-11)16-10-13-9-12-4-2-3-5-15(12)13/h2-5,11,13-14,16H,6-10H2,1H3. The maximum atomic E-state index is 3.75. The Morgan fingerprint density at radius 2 is 2.12 bits per heavy atom. The van der Waals surface area contributed by atoms with Gasteiger partial charge in [0.25, 0.3) is 0 Å². The van der Waals surface area contributed by atoms with Gasteiger partial charge in [0.1, 0.15) is 0 Å². The van der Waals surface area contributed by atoms with E-state index in [0.717, 1.165) is 17.9 Å². The Morgan fingerprint density at radius 3 is 2.88 bits per heavy atom. The summed E-state index contributed by atoms with van der Waals surface area (Å²) in [5, 5.41) is 3.75. The molecule has 0 aliphatic heterocycles. The lowest BCUT2D eigenvalue weighted by molar-refractivity contribution is 0.455. The number of nitrogens with one attached hydrogen (secondary N) is 1. The highest BCUT2D eigenvalue weighted by Crippen LogP contribution is 2.34. The molecule has 2 aliphatic rings. The first kappa shape index (κ1) is 10.3. The summed E-state index contributed by atoms with van der Waals surface area (Å²) >= 11 is 0. The Balaban J connectivity index is 1.51. The minimum Gasteiger partial charge on any atom is -0.313 e. The molecule has 3 rings (SSSR count). The molecular weight excluding hydrogens is 194 g/mol. The molecule has 1 fully saturated rings. The van der Waals surface area contributed by atoms with E-state index in [0.29, 0.717) is 0 Å². The second kappa shape index (κ2) is 4.21. The van der Waals surface area contributed by atoms with E-state index in [9.17, 15) is 0 Å². The second-order valence-electron chi connectivity index (χ2n) is 5.62. The van der Waals surface area contributed by atoms with E-state index in [4.69, 9.17) is 0 Å². The molecule has 1 aromatic rings. The number of fused-ring (bicyclic) bond motifs is 1. The van der Waals surface area contributed by atoms with Crippen LogP contribution in [0.25, 0.3) is 0 Å². The summed E-state index contributed by atoms with van der Waals surface area (Å²) < 4.78 is 0. The van der Waals surface area contributed by atoms with E-state index in [1.165, 1.54) is 32.2 Å². The zero-order valence-electron chi connectivity index (χ0n) is 10.1. The zero-order chi connectivity index (χ0) is 11.0. The minimum atomic E-state index is 0.784. The molecule has 0 spiro atoms. The molecule has 1 nitrogen and oxygen atoms in total. The van der Waals surface area contributed by atoms with Crippen LogP contribution in [-0.4, -0.2) is 12.6 Å². The first-order chi connectivity index (χ1) is 7.83.